The van der Waals surface area contributed by atoms with Gasteiger partial charge in [-0.2, -0.15) is 0 Å². The van der Waals surface area contributed by atoms with E-state index in [1.807, 2.05) is 18.3 Å². The van der Waals surface area contributed by atoms with Crippen LogP contribution < -0.4 is 10.2 Å². The topological polar surface area (TPSA) is 57.8 Å². The van der Waals surface area contributed by atoms with E-state index >= 15 is 0 Å². The number of amides is 1. The van der Waals surface area contributed by atoms with E-state index < -0.39 is 0 Å². The summed E-state index contributed by atoms with van der Waals surface area (Å²) in [5, 5.41) is 3.86. The van der Waals surface area contributed by atoms with E-state index in [1.165, 1.54) is 29.0 Å². The first-order valence-electron chi connectivity index (χ1n) is 12.7. The van der Waals surface area contributed by atoms with E-state index in [0.29, 0.717) is 12.5 Å². The largest absolute Gasteiger partial charge is 0.467 e. The molecule has 2 aromatic heterocycles. The number of nitrogens with zero attached hydrogens (tertiary/aromatic N) is 2. The van der Waals surface area contributed by atoms with Gasteiger partial charge in [-0.25, -0.2) is 4.99 Å². The summed E-state index contributed by atoms with van der Waals surface area (Å²) in [6.07, 6.45) is 9.12. The number of thiophene rings is 1. The van der Waals surface area contributed by atoms with Gasteiger partial charge in [-0.1, -0.05) is 32.9 Å². The highest BCUT2D eigenvalue weighted by Crippen LogP contribution is 2.45. The molecule has 1 fully saturated rings. The van der Waals surface area contributed by atoms with Crippen LogP contribution in [-0.2, 0) is 19.4 Å². The number of anilines is 1. The van der Waals surface area contributed by atoms with Crippen molar-refractivity contribution in [3.8, 4) is 0 Å². The van der Waals surface area contributed by atoms with Crippen molar-refractivity contribution in [2.75, 3.05) is 18.0 Å². The summed E-state index contributed by atoms with van der Waals surface area (Å²) in [6.45, 7) is 9.61. The molecule has 0 spiro atoms. The normalized spacial score (nSPS) is 18.3. The van der Waals surface area contributed by atoms with E-state index in [-0.39, 0.29) is 11.3 Å². The average Bonchev–Trinajstić information content (AvgIpc) is 3.61. The van der Waals surface area contributed by atoms with Crippen molar-refractivity contribution in [1.29, 1.82) is 0 Å². The molecule has 1 aliphatic carbocycles. The number of carbonyl (C=O) groups excluding carboxylic acids is 1. The third kappa shape index (κ3) is 5.37. The van der Waals surface area contributed by atoms with Crippen LogP contribution in [0.25, 0.3) is 0 Å². The van der Waals surface area contributed by atoms with Crippen molar-refractivity contribution in [3.63, 3.8) is 0 Å². The molecule has 184 valence electrons. The monoisotopic (exact) mass is 489 g/mol. The van der Waals surface area contributed by atoms with Crippen LogP contribution in [0.2, 0.25) is 0 Å². The van der Waals surface area contributed by atoms with Crippen LogP contribution in [-0.4, -0.2) is 25.2 Å². The lowest BCUT2D eigenvalue weighted by Gasteiger charge is -2.33. The number of furan rings is 1. The maximum absolute atomic E-state index is 13.3. The highest BCUT2D eigenvalue weighted by Gasteiger charge is 2.33. The van der Waals surface area contributed by atoms with Gasteiger partial charge in [0.2, 0.25) is 0 Å². The Hall–Kier alpha value is -2.86. The number of hydrogen-bond donors (Lipinski definition) is 1. The SMILES string of the molecule is CC(C)(C)[C@H]1CCc2c(sc(N=Cc3ccc(N4CCCC4)cc3)c2C(=O)NCc2ccco2)C1. The van der Waals surface area contributed by atoms with Gasteiger partial charge in [-0.15, -0.1) is 11.3 Å². The van der Waals surface area contributed by atoms with Crippen LogP contribution in [0.4, 0.5) is 10.7 Å². The maximum atomic E-state index is 13.3. The van der Waals surface area contributed by atoms with Crippen molar-refractivity contribution < 1.29 is 9.21 Å². The molecule has 0 radical (unpaired) electrons. The van der Waals surface area contributed by atoms with Crippen molar-refractivity contribution in [1.82, 2.24) is 5.32 Å². The van der Waals surface area contributed by atoms with Crippen LogP contribution in [0.15, 0.2) is 52.1 Å². The Morgan fingerprint density at radius 2 is 1.97 bits per heavy atom. The van der Waals surface area contributed by atoms with Gasteiger partial charge >= 0.3 is 0 Å². The van der Waals surface area contributed by atoms with Crippen molar-refractivity contribution >= 4 is 34.1 Å². The quantitative estimate of drug-likeness (QED) is 0.389. The molecule has 1 saturated heterocycles. The second-order valence-corrected chi connectivity index (χ2v) is 11.9. The molecule has 3 heterocycles. The zero-order valence-corrected chi connectivity index (χ0v) is 21.8. The summed E-state index contributed by atoms with van der Waals surface area (Å²) < 4.78 is 5.40. The zero-order chi connectivity index (χ0) is 24.4. The first kappa shape index (κ1) is 23.9. The smallest absolute Gasteiger partial charge is 0.255 e. The molecule has 0 unspecified atom stereocenters. The Morgan fingerprint density at radius 1 is 1.20 bits per heavy atom. The molecular weight excluding hydrogens is 454 g/mol. The van der Waals surface area contributed by atoms with Gasteiger partial charge in [0.05, 0.1) is 18.4 Å². The average molecular weight is 490 g/mol. The van der Waals surface area contributed by atoms with Gasteiger partial charge in [-0.3, -0.25) is 4.79 Å². The molecule has 5 rings (SSSR count). The van der Waals surface area contributed by atoms with Gasteiger partial charge in [0.15, 0.2) is 0 Å². The van der Waals surface area contributed by atoms with Crippen LogP contribution in [0.5, 0.6) is 0 Å². The summed E-state index contributed by atoms with van der Waals surface area (Å²) >= 11 is 1.69. The number of aliphatic imine (C=N–C) groups is 1. The summed E-state index contributed by atoms with van der Waals surface area (Å²) in [4.78, 5) is 22.0. The molecule has 1 aromatic carbocycles. The number of benzene rings is 1. The fraction of sp³-hybridized carbons (Fsp3) is 0.448. The molecule has 2 aliphatic rings. The van der Waals surface area contributed by atoms with Crippen LogP contribution in [0.3, 0.4) is 0 Å². The predicted octanol–water partition coefficient (Wildman–Crippen LogP) is 6.77. The van der Waals surface area contributed by atoms with Gasteiger partial charge in [0.1, 0.15) is 10.8 Å². The van der Waals surface area contributed by atoms with Crippen LogP contribution in [0.1, 0.15) is 72.2 Å². The molecule has 6 heteroatoms. The third-order valence-electron chi connectivity index (χ3n) is 7.40. The van der Waals surface area contributed by atoms with Crippen LogP contribution in [0, 0.1) is 11.3 Å². The fourth-order valence-corrected chi connectivity index (χ4v) is 6.45. The zero-order valence-electron chi connectivity index (χ0n) is 21.0. The minimum Gasteiger partial charge on any atom is -0.467 e. The highest BCUT2D eigenvalue weighted by molar-refractivity contribution is 7.16. The Balaban J connectivity index is 1.40. The van der Waals surface area contributed by atoms with Crippen molar-refractivity contribution in [2.24, 2.45) is 16.3 Å². The lowest BCUT2D eigenvalue weighted by Crippen LogP contribution is -2.28. The lowest BCUT2D eigenvalue weighted by molar-refractivity contribution is 0.0947. The Kier molecular flexibility index (Phi) is 6.83. The first-order valence-corrected chi connectivity index (χ1v) is 13.5. The molecule has 1 atom stereocenters. The maximum Gasteiger partial charge on any atom is 0.255 e. The minimum atomic E-state index is -0.0651. The van der Waals surface area contributed by atoms with Crippen molar-refractivity contribution in [2.45, 2.75) is 59.4 Å². The standard InChI is InChI=1S/C29H35N3O2S/c1-29(2,3)21-10-13-24-25(17-21)35-28(26(24)27(33)30-19-23-7-6-16-34-23)31-18-20-8-11-22(12-9-20)32-14-4-5-15-32/h6-9,11-12,16,18,21H,4-5,10,13-15,17,19H2,1-3H3,(H,30,33)/t21-/m0/s1. The number of nitrogens with one attached hydrogen (secondary N) is 1. The van der Waals surface area contributed by atoms with Gasteiger partial charge in [0.25, 0.3) is 5.91 Å². The Bertz CT molecular complexity index is 1180. The van der Waals surface area contributed by atoms with Crippen LogP contribution >= 0.6 is 11.3 Å². The second-order valence-electron chi connectivity index (χ2n) is 10.8. The Labute approximate surface area is 212 Å². The predicted molar refractivity (Wildman–Crippen MR) is 144 cm³/mol. The number of carbonyl (C=O) groups is 1. The molecular formula is C29H35N3O2S. The lowest BCUT2D eigenvalue weighted by atomic mass is 9.72. The second kappa shape index (κ2) is 10.0. The van der Waals surface area contributed by atoms with Gasteiger partial charge < -0.3 is 14.6 Å². The molecule has 1 aliphatic heterocycles. The molecule has 0 saturated carbocycles. The molecule has 1 amide bonds. The molecule has 0 bridgehead atoms. The summed E-state index contributed by atoms with van der Waals surface area (Å²) in [7, 11) is 0. The summed E-state index contributed by atoms with van der Waals surface area (Å²) in [5.74, 6) is 1.30. The fourth-order valence-electron chi connectivity index (χ4n) is 5.18. The molecule has 3 aromatic rings. The molecule has 1 N–H and O–H groups in total. The van der Waals surface area contributed by atoms with E-state index in [0.717, 1.165) is 54.2 Å². The minimum absolute atomic E-state index is 0.0651. The Morgan fingerprint density at radius 3 is 2.66 bits per heavy atom. The number of rotatable bonds is 6. The van der Waals surface area contributed by atoms with Gasteiger partial charge in [0, 0.05) is 29.9 Å². The summed E-state index contributed by atoms with van der Waals surface area (Å²) in [5.41, 5.74) is 4.51. The third-order valence-corrected chi connectivity index (χ3v) is 8.56. The number of fused-ring (bicyclic) bond motifs is 1. The van der Waals surface area contributed by atoms with E-state index in [1.54, 1.807) is 17.6 Å². The highest BCUT2D eigenvalue weighted by atomic mass is 32.1. The molecule has 35 heavy (non-hydrogen) atoms. The van der Waals surface area contributed by atoms with E-state index in [2.05, 4.69) is 55.3 Å². The number of hydrogen-bond acceptors (Lipinski definition) is 5. The molecule has 5 nitrogen and oxygen atoms in total. The van der Waals surface area contributed by atoms with Gasteiger partial charge in [-0.05, 0) is 78.8 Å². The first-order chi connectivity index (χ1) is 16.9. The summed E-state index contributed by atoms with van der Waals surface area (Å²) in [6, 6.07) is 12.3. The van der Waals surface area contributed by atoms with E-state index in [9.17, 15) is 4.79 Å². The van der Waals surface area contributed by atoms with E-state index in [4.69, 9.17) is 9.41 Å². The van der Waals surface area contributed by atoms with Crippen molar-refractivity contribution in [3.05, 3.63) is 70.0 Å².